The van der Waals surface area contributed by atoms with Gasteiger partial charge in [0.15, 0.2) is 5.65 Å². The van der Waals surface area contributed by atoms with Gasteiger partial charge in [0.25, 0.3) is 17.7 Å². The van der Waals surface area contributed by atoms with E-state index >= 15 is 0 Å². The predicted molar refractivity (Wildman–Crippen MR) is 251 cm³/mol. The third-order valence-electron chi connectivity index (χ3n) is 11.1. The standard InChI is InChI=1S/C48H59N9O13/c58-41-13-12-40(45(60)54-41)57-46(61)37-6-3-7-39(42(37)47(57)62)49-15-18-64-20-22-66-24-26-68-28-30-69-29-27-67-25-23-65-21-19-63-16-2-1-14-50-44(59)35-10-8-34(9-11-35)38-32-52-48(56-33-53-55-43(38)56)51-31-36-5-4-17-70-36/h3-11,17,32-33,40,49H,1-2,12-16,18-31H2,(H,50,59)(H,51,52)(H,54,58,60). The van der Waals surface area contributed by atoms with Crippen LogP contribution in [0.15, 0.2) is 77.8 Å². The number of nitrogens with zero attached hydrogens (tertiary/aromatic N) is 5. The van der Waals surface area contributed by atoms with Crippen LogP contribution in [0.2, 0.25) is 0 Å². The fourth-order valence-electron chi connectivity index (χ4n) is 7.51. The highest BCUT2D eigenvalue weighted by Crippen LogP contribution is 2.32. The summed E-state index contributed by atoms with van der Waals surface area (Å²) in [6.07, 6.45) is 6.71. The van der Waals surface area contributed by atoms with Gasteiger partial charge in [-0.25, -0.2) is 4.98 Å². The van der Waals surface area contributed by atoms with Crippen LogP contribution < -0.4 is 21.3 Å². The number of nitrogens with one attached hydrogen (secondary N) is 4. The SMILES string of the molecule is O=C1CCC(N2C(=O)c3cccc(NCCOCCOCCOCCOCCOCCOCCOCCCCNC(=O)c4ccc(-c5cnc(NCc6ccco6)n6cnnc56)cc4)c3C2=O)C(=O)N1. The molecular formula is C48H59N9O13. The summed E-state index contributed by atoms with van der Waals surface area (Å²) in [5.74, 6) is -0.961. The molecule has 2 aliphatic heterocycles. The van der Waals surface area contributed by atoms with E-state index in [9.17, 15) is 24.0 Å². The molecule has 2 aromatic carbocycles. The van der Waals surface area contributed by atoms with Crippen molar-refractivity contribution in [2.45, 2.75) is 38.3 Å². The second-order valence-electron chi connectivity index (χ2n) is 15.9. The van der Waals surface area contributed by atoms with Crippen LogP contribution in [0.4, 0.5) is 11.6 Å². The fourth-order valence-corrected chi connectivity index (χ4v) is 7.51. The molecule has 1 fully saturated rings. The first kappa shape index (κ1) is 51.2. The van der Waals surface area contributed by atoms with Gasteiger partial charge >= 0.3 is 0 Å². The van der Waals surface area contributed by atoms with Crippen molar-refractivity contribution in [2.24, 2.45) is 0 Å². The minimum absolute atomic E-state index is 0.0595. The van der Waals surface area contributed by atoms with E-state index < -0.39 is 29.7 Å². The minimum atomic E-state index is -1.02. The molecule has 1 unspecified atom stereocenters. The Kier molecular flexibility index (Phi) is 20.1. The zero-order chi connectivity index (χ0) is 48.8. The lowest BCUT2D eigenvalue weighted by Crippen LogP contribution is -2.54. The summed E-state index contributed by atoms with van der Waals surface area (Å²) >= 11 is 0. The number of unbranched alkanes of at least 4 members (excludes halogenated alkanes) is 1. The Morgan fingerprint density at radius 2 is 1.36 bits per heavy atom. The first-order valence-electron chi connectivity index (χ1n) is 23.4. The number of amides is 5. The van der Waals surface area contributed by atoms with Crippen LogP contribution in [0.3, 0.4) is 0 Å². The average molecular weight is 970 g/mol. The number of piperidine rings is 1. The highest BCUT2D eigenvalue weighted by Gasteiger charge is 2.45. The topological polar surface area (TPSA) is 258 Å². The number of benzene rings is 2. The molecule has 1 atom stereocenters. The van der Waals surface area contributed by atoms with E-state index in [-0.39, 0.29) is 29.9 Å². The van der Waals surface area contributed by atoms with Crippen molar-refractivity contribution >= 4 is 46.8 Å². The molecule has 2 aliphatic rings. The first-order chi connectivity index (χ1) is 34.4. The number of furan rings is 1. The summed E-state index contributed by atoms with van der Waals surface area (Å²) in [5, 5.41) is 19.9. The molecule has 5 heterocycles. The zero-order valence-electron chi connectivity index (χ0n) is 38.9. The molecule has 70 heavy (non-hydrogen) atoms. The van der Waals surface area contributed by atoms with Gasteiger partial charge in [0, 0.05) is 49.1 Å². The maximum absolute atomic E-state index is 13.2. The quantitative estimate of drug-likeness (QED) is 0.0348. The van der Waals surface area contributed by atoms with E-state index in [1.54, 1.807) is 53.5 Å². The molecule has 1 saturated heterocycles. The molecule has 0 spiro atoms. The molecule has 7 rings (SSSR count). The summed E-state index contributed by atoms with van der Waals surface area (Å²) in [5.41, 5.74) is 3.75. The fraction of sp³-hybridized carbons (Fsp3) is 0.458. The van der Waals surface area contributed by atoms with Crippen molar-refractivity contribution in [1.29, 1.82) is 0 Å². The number of ether oxygens (including phenoxy) is 7. The molecule has 4 N–H and O–H groups in total. The molecule has 0 bridgehead atoms. The summed E-state index contributed by atoms with van der Waals surface area (Å²) in [7, 11) is 0. The van der Waals surface area contributed by atoms with Gasteiger partial charge in [0.1, 0.15) is 18.1 Å². The Balaban J connectivity index is 0.603. The van der Waals surface area contributed by atoms with Crippen LogP contribution in [0.5, 0.6) is 0 Å². The van der Waals surface area contributed by atoms with Crippen molar-refractivity contribution in [3.8, 4) is 11.1 Å². The van der Waals surface area contributed by atoms with Crippen molar-refractivity contribution < 1.29 is 61.5 Å². The number of anilines is 2. The van der Waals surface area contributed by atoms with Crippen molar-refractivity contribution in [3.63, 3.8) is 0 Å². The number of carbonyl (C=O) groups is 5. The lowest BCUT2D eigenvalue weighted by Gasteiger charge is -2.27. The third-order valence-corrected chi connectivity index (χ3v) is 11.1. The van der Waals surface area contributed by atoms with Crippen molar-refractivity contribution in [3.05, 3.63) is 95.8 Å². The van der Waals surface area contributed by atoms with E-state index in [4.69, 9.17) is 37.6 Å². The van der Waals surface area contributed by atoms with Gasteiger partial charge in [-0.2, -0.15) is 0 Å². The van der Waals surface area contributed by atoms with Gasteiger partial charge in [-0.3, -0.25) is 38.6 Å². The molecule has 0 aliphatic carbocycles. The normalized spacial score (nSPS) is 14.6. The van der Waals surface area contributed by atoms with Crippen LogP contribution in [-0.4, -0.2) is 166 Å². The molecule has 22 nitrogen and oxygen atoms in total. The maximum atomic E-state index is 13.2. The molecule has 22 heteroatoms. The lowest BCUT2D eigenvalue weighted by atomic mass is 10.0. The Bertz CT molecular complexity index is 2470. The molecule has 3 aromatic heterocycles. The monoisotopic (exact) mass is 969 g/mol. The van der Waals surface area contributed by atoms with E-state index in [2.05, 4.69) is 36.4 Å². The second-order valence-corrected chi connectivity index (χ2v) is 15.9. The number of imide groups is 2. The van der Waals surface area contributed by atoms with E-state index in [0.717, 1.165) is 34.6 Å². The molecule has 0 radical (unpaired) electrons. The average Bonchev–Trinajstić information content (AvgIpc) is 4.14. The van der Waals surface area contributed by atoms with Crippen LogP contribution in [0, 0.1) is 0 Å². The highest BCUT2D eigenvalue weighted by atomic mass is 16.6. The van der Waals surface area contributed by atoms with Gasteiger partial charge in [-0.1, -0.05) is 18.2 Å². The third kappa shape index (κ3) is 14.7. The molecule has 5 aromatic rings. The van der Waals surface area contributed by atoms with Gasteiger partial charge < -0.3 is 53.5 Å². The minimum Gasteiger partial charge on any atom is -0.467 e. The van der Waals surface area contributed by atoms with Crippen LogP contribution in [-0.2, 0) is 49.3 Å². The van der Waals surface area contributed by atoms with Crippen molar-refractivity contribution in [2.75, 3.05) is 116 Å². The number of hydrogen-bond acceptors (Lipinski definition) is 18. The van der Waals surface area contributed by atoms with Crippen LogP contribution in [0.1, 0.15) is 62.5 Å². The van der Waals surface area contributed by atoms with Gasteiger partial charge in [0.05, 0.1) is 110 Å². The predicted octanol–water partition coefficient (Wildman–Crippen LogP) is 3.14. The highest BCUT2D eigenvalue weighted by molar-refractivity contribution is 6.25. The molecule has 374 valence electrons. The first-order valence-corrected chi connectivity index (χ1v) is 23.4. The largest absolute Gasteiger partial charge is 0.467 e. The molecule has 0 saturated carbocycles. The van der Waals surface area contributed by atoms with Crippen molar-refractivity contribution in [1.82, 2.24) is 35.1 Å². The second kappa shape index (κ2) is 27.5. The Labute approximate surface area is 404 Å². The van der Waals surface area contributed by atoms with Crippen LogP contribution >= 0.6 is 0 Å². The summed E-state index contributed by atoms with van der Waals surface area (Å²) in [6.45, 7) is 7.45. The number of fused-ring (bicyclic) bond motifs is 2. The van der Waals surface area contributed by atoms with E-state index in [0.29, 0.717) is 135 Å². The summed E-state index contributed by atoms with van der Waals surface area (Å²) < 4.78 is 46.1. The Hall–Kier alpha value is -6.66. The van der Waals surface area contributed by atoms with Gasteiger partial charge in [-0.05, 0) is 61.2 Å². The Morgan fingerprint density at radius 1 is 0.700 bits per heavy atom. The zero-order valence-corrected chi connectivity index (χ0v) is 38.9. The Morgan fingerprint density at radius 3 is 2.00 bits per heavy atom. The van der Waals surface area contributed by atoms with Crippen LogP contribution in [0.25, 0.3) is 16.8 Å². The van der Waals surface area contributed by atoms with E-state index in [1.165, 1.54) is 0 Å². The van der Waals surface area contributed by atoms with Gasteiger partial charge in [0.2, 0.25) is 17.8 Å². The summed E-state index contributed by atoms with van der Waals surface area (Å²) in [4.78, 5) is 68.3. The van der Waals surface area contributed by atoms with E-state index in [1.807, 2.05) is 24.3 Å². The molecular weight excluding hydrogens is 911 g/mol. The maximum Gasteiger partial charge on any atom is 0.264 e. The lowest BCUT2D eigenvalue weighted by molar-refractivity contribution is -0.136. The van der Waals surface area contributed by atoms with Gasteiger partial charge in [-0.15, -0.1) is 10.2 Å². The summed E-state index contributed by atoms with van der Waals surface area (Å²) in [6, 6.07) is 14.9. The molecule has 5 amide bonds. The number of hydrogen-bond donors (Lipinski definition) is 4. The number of carbonyl (C=O) groups excluding carboxylic acids is 5. The number of rotatable bonds is 33. The smallest absolute Gasteiger partial charge is 0.264 e. The number of aromatic nitrogens is 4.